The van der Waals surface area contributed by atoms with Gasteiger partial charge in [-0.2, -0.15) is 0 Å². The second-order valence-corrected chi connectivity index (χ2v) is 4.80. The Morgan fingerprint density at radius 2 is 1.94 bits per heavy atom. The second kappa shape index (κ2) is 5.78. The van der Waals surface area contributed by atoms with Crippen molar-refractivity contribution in [1.82, 2.24) is 4.98 Å². The van der Waals surface area contributed by atoms with E-state index in [1.165, 1.54) is 16.7 Å². The molecule has 0 aliphatic heterocycles. The lowest BCUT2D eigenvalue weighted by molar-refractivity contribution is 0.681. The van der Waals surface area contributed by atoms with Crippen LogP contribution in [0.15, 0.2) is 42.6 Å². The van der Waals surface area contributed by atoms with Gasteiger partial charge in [-0.25, -0.2) is 0 Å². The fraction of sp³-hybridized carbons (Fsp3) is 0.312. The number of aryl methyl sites for hydroxylation is 2. The van der Waals surface area contributed by atoms with E-state index < -0.39 is 0 Å². The number of aromatic nitrogens is 1. The summed E-state index contributed by atoms with van der Waals surface area (Å²) in [5.74, 6) is 0.346. The zero-order chi connectivity index (χ0) is 13.0. The lowest BCUT2D eigenvalue weighted by Crippen LogP contribution is -2.15. The van der Waals surface area contributed by atoms with Gasteiger partial charge in [0.05, 0.1) is 0 Å². The first-order valence-electron chi connectivity index (χ1n) is 6.38. The quantitative estimate of drug-likeness (QED) is 0.892. The van der Waals surface area contributed by atoms with E-state index >= 15 is 0 Å². The van der Waals surface area contributed by atoms with Gasteiger partial charge >= 0.3 is 0 Å². The molecule has 0 aliphatic carbocycles. The molecule has 1 aromatic carbocycles. The predicted molar refractivity (Wildman–Crippen MR) is 75.7 cm³/mol. The highest BCUT2D eigenvalue weighted by atomic mass is 14.7. The van der Waals surface area contributed by atoms with Gasteiger partial charge < -0.3 is 5.73 Å². The topological polar surface area (TPSA) is 38.9 Å². The minimum atomic E-state index is 0.346. The van der Waals surface area contributed by atoms with Crippen molar-refractivity contribution < 1.29 is 0 Å². The van der Waals surface area contributed by atoms with Crippen LogP contribution >= 0.6 is 0 Å². The van der Waals surface area contributed by atoms with E-state index in [4.69, 9.17) is 5.73 Å². The molecule has 0 saturated heterocycles. The fourth-order valence-corrected chi connectivity index (χ4v) is 2.13. The lowest BCUT2D eigenvalue weighted by atomic mass is 9.92. The molecule has 1 heterocycles. The van der Waals surface area contributed by atoms with E-state index in [1.54, 1.807) is 0 Å². The van der Waals surface area contributed by atoms with Crippen LogP contribution in [0.25, 0.3) is 0 Å². The van der Waals surface area contributed by atoms with Gasteiger partial charge in [-0.1, -0.05) is 24.3 Å². The number of hydrogen-bond acceptors (Lipinski definition) is 2. The Morgan fingerprint density at radius 3 is 2.56 bits per heavy atom. The van der Waals surface area contributed by atoms with Crippen LogP contribution in [0.3, 0.4) is 0 Å². The van der Waals surface area contributed by atoms with E-state index in [1.807, 2.05) is 18.3 Å². The van der Waals surface area contributed by atoms with Gasteiger partial charge in [-0.3, -0.25) is 4.98 Å². The van der Waals surface area contributed by atoms with E-state index in [0.29, 0.717) is 12.5 Å². The minimum Gasteiger partial charge on any atom is -0.330 e. The third-order valence-electron chi connectivity index (χ3n) is 3.47. The first kappa shape index (κ1) is 12.8. The van der Waals surface area contributed by atoms with Crippen LogP contribution in [0, 0.1) is 13.8 Å². The number of rotatable bonds is 4. The van der Waals surface area contributed by atoms with Crippen LogP contribution in [0.2, 0.25) is 0 Å². The standard InChI is InChI=1S/C16H20N2/c1-12-6-7-14(9-13(12)2)15(11-17)10-16-5-3-4-8-18-16/h3-9,15H,10-11,17H2,1-2H3. The largest absolute Gasteiger partial charge is 0.330 e. The molecule has 2 N–H and O–H groups in total. The molecule has 1 unspecified atom stereocenters. The molecule has 2 aromatic rings. The molecule has 2 heteroatoms. The second-order valence-electron chi connectivity index (χ2n) is 4.80. The Kier molecular flexibility index (Phi) is 4.11. The normalized spacial score (nSPS) is 12.4. The van der Waals surface area contributed by atoms with Crippen molar-refractivity contribution in [3.05, 3.63) is 65.0 Å². The first-order chi connectivity index (χ1) is 8.70. The van der Waals surface area contributed by atoms with Gasteiger partial charge in [0.2, 0.25) is 0 Å². The van der Waals surface area contributed by atoms with Crippen molar-refractivity contribution >= 4 is 0 Å². The van der Waals surface area contributed by atoms with Crippen LogP contribution in [-0.2, 0) is 6.42 Å². The molecule has 0 fully saturated rings. The Labute approximate surface area is 109 Å². The van der Waals surface area contributed by atoms with E-state index in [-0.39, 0.29) is 0 Å². The van der Waals surface area contributed by atoms with E-state index in [0.717, 1.165) is 12.1 Å². The average Bonchev–Trinajstić information content (AvgIpc) is 2.40. The number of pyridine rings is 1. The van der Waals surface area contributed by atoms with Crippen molar-refractivity contribution in [1.29, 1.82) is 0 Å². The molecule has 0 bridgehead atoms. The SMILES string of the molecule is Cc1ccc(C(CN)Cc2ccccn2)cc1C. The van der Waals surface area contributed by atoms with E-state index in [2.05, 4.69) is 43.1 Å². The highest BCUT2D eigenvalue weighted by Crippen LogP contribution is 2.21. The highest BCUT2D eigenvalue weighted by molar-refractivity contribution is 5.32. The van der Waals surface area contributed by atoms with Gasteiger partial charge in [0.1, 0.15) is 0 Å². The Bertz CT molecular complexity index is 506. The van der Waals surface area contributed by atoms with E-state index in [9.17, 15) is 0 Å². The Morgan fingerprint density at radius 1 is 1.11 bits per heavy atom. The molecule has 94 valence electrons. The molecular weight excluding hydrogens is 220 g/mol. The molecule has 0 radical (unpaired) electrons. The highest BCUT2D eigenvalue weighted by Gasteiger charge is 2.11. The number of nitrogens with zero attached hydrogens (tertiary/aromatic N) is 1. The summed E-state index contributed by atoms with van der Waals surface area (Å²) in [6.45, 7) is 4.93. The number of benzene rings is 1. The zero-order valence-corrected chi connectivity index (χ0v) is 11.1. The van der Waals surface area contributed by atoms with Crippen LogP contribution < -0.4 is 5.73 Å². The minimum absolute atomic E-state index is 0.346. The lowest BCUT2D eigenvalue weighted by Gasteiger charge is -2.16. The van der Waals surface area contributed by atoms with Gasteiger partial charge in [0, 0.05) is 17.8 Å². The van der Waals surface area contributed by atoms with Crippen molar-refractivity contribution in [2.75, 3.05) is 6.54 Å². The van der Waals surface area contributed by atoms with Crippen LogP contribution in [0.1, 0.15) is 28.3 Å². The maximum absolute atomic E-state index is 5.91. The molecule has 2 nitrogen and oxygen atoms in total. The summed E-state index contributed by atoms with van der Waals surface area (Å²) in [6.07, 6.45) is 2.74. The van der Waals surface area contributed by atoms with Gasteiger partial charge in [0.25, 0.3) is 0 Å². The third kappa shape index (κ3) is 2.96. The van der Waals surface area contributed by atoms with Crippen LogP contribution in [0.5, 0.6) is 0 Å². The van der Waals surface area contributed by atoms with Crippen LogP contribution in [-0.4, -0.2) is 11.5 Å². The maximum atomic E-state index is 5.91. The molecule has 18 heavy (non-hydrogen) atoms. The molecule has 1 aromatic heterocycles. The molecule has 0 aliphatic rings. The van der Waals surface area contributed by atoms with Gasteiger partial charge in [0.15, 0.2) is 0 Å². The van der Waals surface area contributed by atoms with Crippen molar-refractivity contribution in [2.45, 2.75) is 26.2 Å². The monoisotopic (exact) mass is 240 g/mol. The average molecular weight is 240 g/mol. The summed E-state index contributed by atoms with van der Waals surface area (Å²) in [5.41, 5.74) is 11.0. The first-order valence-corrected chi connectivity index (χ1v) is 6.38. The molecule has 1 atom stereocenters. The number of hydrogen-bond donors (Lipinski definition) is 1. The fourth-order valence-electron chi connectivity index (χ4n) is 2.13. The summed E-state index contributed by atoms with van der Waals surface area (Å²) in [7, 11) is 0. The number of nitrogens with two attached hydrogens (primary N) is 1. The summed E-state index contributed by atoms with van der Waals surface area (Å²) in [6, 6.07) is 12.6. The Balaban J connectivity index is 2.20. The third-order valence-corrected chi connectivity index (χ3v) is 3.47. The zero-order valence-electron chi connectivity index (χ0n) is 11.1. The van der Waals surface area contributed by atoms with Gasteiger partial charge in [-0.05, 0) is 55.6 Å². The maximum Gasteiger partial charge on any atom is 0.0410 e. The molecule has 2 rings (SSSR count). The van der Waals surface area contributed by atoms with Gasteiger partial charge in [-0.15, -0.1) is 0 Å². The summed E-state index contributed by atoms with van der Waals surface area (Å²) in [4.78, 5) is 4.38. The smallest absolute Gasteiger partial charge is 0.0410 e. The van der Waals surface area contributed by atoms with Crippen LogP contribution in [0.4, 0.5) is 0 Å². The predicted octanol–water partition coefficient (Wildman–Crippen LogP) is 2.98. The van der Waals surface area contributed by atoms with Crippen molar-refractivity contribution in [3.8, 4) is 0 Å². The Hall–Kier alpha value is -1.67. The molecule has 0 spiro atoms. The summed E-state index contributed by atoms with van der Waals surface area (Å²) >= 11 is 0. The molecule has 0 amide bonds. The molecule has 0 saturated carbocycles. The van der Waals surface area contributed by atoms with Crippen molar-refractivity contribution in [2.24, 2.45) is 5.73 Å². The summed E-state index contributed by atoms with van der Waals surface area (Å²) in [5, 5.41) is 0. The van der Waals surface area contributed by atoms with Crippen molar-refractivity contribution in [3.63, 3.8) is 0 Å². The molecular formula is C16H20N2. The summed E-state index contributed by atoms with van der Waals surface area (Å²) < 4.78 is 0.